The average molecular weight is 321 g/mol. The molecule has 2 N–H and O–H groups in total. The van der Waals surface area contributed by atoms with Gasteiger partial charge in [0.2, 0.25) is 0 Å². The Hall–Kier alpha value is -0.980. The summed E-state index contributed by atoms with van der Waals surface area (Å²) in [5.74, 6) is 0.432. The standard InChI is InChI=1S/C15H26F3N3O/c1-19-14(21-9-12-6-7-22-10-12)20-8-11-2-4-13(5-3-11)15(16,17)18/h11-13H,2-10H2,1H3,(H2,19,20,21). The maximum atomic E-state index is 12.6. The van der Waals surface area contributed by atoms with Crippen LogP contribution in [0.15, 0.2) is 4.99 Å². The smallest absolute Gasteiger partial charge is 0.381 e. The van der Waals surface area contributed by atoms with Crippen molar-refractivity contribution in [3.8, 4) is 0 Å². The molecular formula is C15H26F3N3O. The second kappa shape index (κ2) is 8.04. The first-order valence-corrected chi connectivity index (χ1v) is 8.08. The Kier molecular flexibility index (Phi) is 6.35. The van der Waals surface area contributed by atoms with Gasteiger partial charge in [0.25, 0.3) is 0 Å². The second-order valence-electron chi connectivity index (χ2n) is 6.32. The summed E-state index contributed by atoms with van der Waals surface area (Å²) in [7, 11) is 1.71. The molecule has 1 aliphatic heterocycles. The van der Waals surface area contributed by atoms with Crippen LogP contribution in [0, 0.1) is 17.8 Å². The van der Waals surface area contributed by atoms with Crippen molar-refractivity contribution in [2.24, 2.45) is 22.7 Å². The number of halogens is 3. The molecule has 0 spiro atoms. The van der Waals surface area contributed by atoms with Crippen LogP contribution in [0.5, 0.6) is 0 Å². The highest BCUT2D eigenvalue weighted by Crippen LogP contribution is 2.39. The molecule has 1 saturated carbocycles. The summed E-state index contributed by atoms with van der Waals surface area (Å²) >= 11 is 0. The van der Waals surface area contributed by atoms with Gasteiger partial charge in [-0.1, -0.05) is 0 Å². The molecule has 0 amide bonds. The van der Waals surface area contributed by atoms with E-state index < -0.39 is 12.1 Å². The molecular weight excluding hydrogens is 295 g/mol. The van der Waals surface area contributed by atoms with E-state index in [2.05, 4.69) is 15.6 Å². The zero-order chi connectivity index (χ0) is 16.0. The normalized spacial score (nSPS) is 30.4. The van der Waals surface area contributed by atoms with Crippen LogP contribution in [-0.4, -0.2) is 45.5 Å². The first kappa shape index (κ1) is 17.4. The number of guanidine groups is 1. The van der Waals surface area contributed by atoms with Gasteiger partial charge in [-0.3, -0.25) is 4.99 Å². The highest BCUT2D eigenvalue weighted by Gasteiger charge is 2.41. The van der Waals surface area contributed by atoms with Gasteiger partial charge < -0.3 is 15.4 Å². The molecule has 1 atom stereocenters. The van der Waals surface area contributed by atoms with E-state index in [1.165, 1.54) is 0 Å². The highest BCUT2D eigenvalue weighted by molar-refractivity contribution is 5.79. The van der Waals surface area contributed by atoms with E-state index in [1.807, 2.05) is 0 Å². The molecule has 2 fully saturated rings. The molecule has 2 rings (SSSR count). The van der Waals surface area contributed by atoms with Gasteiger partial charge in [0.15, 0.2) is 5.96 Å². The maximum absolute atomic E-state index is 12.6. The van der Waals surface area contributed by atoms with E-state index in [4.69, 9.17) is 4.74 Å². The fourth-order valence-electron chi connectivity index (χ4n) is 3.14. The average Bonchev–Trinajstić information content (AvgIpc) is 3.00. The number of nitrogens with one attached hydrogen (secondary N) is 2. The van der Waals surface area contributed by atoms with Gasteiger partial charge in [-0.25, -0.2) is 0 Å². The van der Waals surface area contributed by atoms with E-state index in [0.29, 0.717) is 31.2 Å². The molecule has 22 heavy (non-hydrogen) atoms. The molecule has 1 unspecified atom stereocenters. The van der Waals surface area contributed by atoms with Crippen molar-refractivity contribution in [1.29, 1.82) is 0 Å². The Labute approximate surface area is 129 Å². The van der Waals surface area contributed by atoms with E-state index in [-0.39, 0.29) is 12.8 Å². The van der Waals surface area contributed by atoms with Crippen molar-refractivity contribution in [3.05, 3.63) is 0 Å². The molecule has 0 aromatic heterocycles. The topological polar surface area (TPSA) is 45.7 Å². The van der Waals surface area contributed by atoms with Gasteiger partial charge in [-0.2, -0.15) is 13.2 Å². The lowest BCUT2D eigenvalue weighted by atomic mass is 9.81. The minimum atomic E-state index is -4.03. The molecule has 4 nitrogen and oxygen atoms in total. The van der Waals surface area contributed by atoms with Crippen LogP contribution in [0.1, 0.15) is 32.1 Å². The number of ether oxygens (including phenoxy) is 1. The minimum absolute atomic E-state index is 0.251. The third-order valence-electron chi connectivity index (χ3n) is 4.67. The molecule has 1 heterocycles. The molecule has 0 aromatic carbocycles. The molecule has 7 heteroatoms. The van der Waals surface area contributed by atoms with Crippen molar-refractivity contribution in [3.63, 3.8) is 0 Å². The van der Waals surface area contributed by atoms with E-state index in [1.54, 1.807) is 7.05 Å². The molecule has 128 valence electrons. The summed E-state index contributed by atoms with van der Waals surface area (Å²) in [6.07, 6.45) is -1.21. The van der Waals surface area contributed by atoms with Crippen LogP contribution in [0.25, 0.3) is 0 Å². The minimum Gasteiger partial charge on any atom is -0.381 e. The maximum Gasteiger partial charge on any atom is 0.391 e. The number of alkyl halides is 3. The molecule has 0 aromatic rings. The molecule has 0 bridgehead atoms. The van der Waals surface area contributed by atoms with E-state index >= 15 is 0 Å². The Morgan fingerprint density at radius 3 is 2.18 bits per heavy atom. The van der Waals surface area contributed by atoms with Crippen LogP contribution in [0.3, 0.4) is 0 Å². The van der Waals surface area contributed by atoms with Crippen molar-refractivity contribution in [2.45, 2.75) is 38.3 Å². The molecule has 1 aliphatic carbocycles. The lowest BCUT2D eigenvalue weighted by Gasteiger charge is -2.30. The SMILES string of the molecule is CN=C(NCC1CCC(C(F)(F)F)CC1)NCC1CCOC1. The summed E-state index contributed by atoms with van der Waals surface area (Å²) in [6.45, 7) is 3.11. The fraction of sp³-hybridized carbons (Fsp3) is 0.933. The number of hydrogen-bond donors (Lipinski definition) is 2. The summed E-state index contributed by atoms with van der Waals surface area (Å²) < 4.78 is 43.2. The Morgan fingerprint density at radius 1 is 1.05 bits per heavy atom. The zero-order valence-electron chi connectivity index (χ0n) is 13.1. The third kappa shape index (κ3) is 5.34. The quantitative estimate of drug-likeness (QED) is 0.618. The van der Waals surface area contributed by atoms with E-state index in [0.717, 1.165) is 32.1 Å². The lowest BCUT2D eigenvalue weighted by molar-refractivity contribution is -0.183. The number of aliphatic imine (C=N–C) groups is 1. The Morgan fingerprint density at radius 2 is 1.68 bits per heavy atom. The van der Waals surface area contributed by atoms with Crippen LogP contribution in [-0.2, 0) is 4.74 Å². The summed E-state index contributed by atoms with van der Waals surface area (Å²) in [6, 6.07) is 0. The summed E-state index contributed by atoms with van der Waals surface area (Å²) in [5, 5.41) is 6.50. The van der Waals surface area contributed by atoms with Crippen LogP contribution in [0.4, 0.5) is 13.2 Å². The van der Waals surface area contributed by atoms with Crippen LogP contribution >= 0.6 is 0 Å². The van der Waals surface area contributed by atoms with Gasteiger partial charge in [0.05, 0.1) is 12.5 Å². The summed E-state index contributed by atoms with van der Waals surface area (Å²) in [5.41, 5.74) is 0. The fourth-order valence-corrected chi connectivity index (χ4v) is 3.14. The van der Waals surface area contributed by atoms with Crippen molar-refractivity contribution >= 4 is 5.96 Å². The van der Waals surface area contributed by atoms with Crippen molar-refractivity contribution in [1.82, 2.24) is 10.6 Å². The van der Waals surface area contributed by atoms with Gasteiger partial charge in [-0.15, -0.1) is 0 Å². The molecule has 1 saturated heterocycles. The molecule has 2 aliphatic rings. The van der Waals surface area contributed by atoms with Gasteiger partial charge in [0, 0.05) is 32.7 Å². The second-order valence-corrected chi connectivity index (χ2v) is 6.32. The van der Waals surface area contributed by atoms with Gasteiger partial charge in [-0.05, 0) is 38.0 Å². The predicted octanol–water partition coefficient (Wildman–Crippen LogP) is 2.56. The Balaban J connectivity index is 1.64. The highest BCUT2D eigenvalue weighted by atomic mass is 19.4. The first-order chi connectivity index (χ1) is 10.5. The monoisotopic (exact) mass is 321 g/mol. The third-order valence-corrected chi connectivity index (χ3v) is 4.67. The number of nitrogens with zero attached hydrogens (tertiary/aromatic N) is 1. The zero-order valence-corrected chi connectivity index (χ0v) is 13.1. The lowest BCUT2D eigenvalue weighted by Crippen LogP contribution is -2.42. The van der Waals surface area contributed by atoms with Crippen molar-refractivity contribution < 1.29 is 17.9 Å². The number of hydrogen-bond acceptors (Lipinski definition) is 2. The predicted molar refractivity (Wildman–Crippen MR) is 79.8 cm³/mol. The van der Waals surface area contributed by atoms with Crippen LogP contribution < -0.4 is 10.6 Å². The Bertz CT molecular complexity index is 360. The largest absolute Gasteiger partial charge is 0.391 e. The van der Waals surface area contributed by atoms with E-state index in [9.17, 15) is 13.2 Å². The van der Waals surface area contributed by atoms with Gasteiger partial charge in [0.1, 0.15) is 0 Å². The first-order valence-electron chi connectivity index (χ1n) is 8.08. The summed E-state index contributed by atoms with van der Waals surface area (Å²) in [4.78, 5) is 4.16. The number of rotatable bonds is 4. The van der Waals surface area contributed by atoms with Crippen molar-refractivity contribution in [2.75, 3.05) is 33.4 Å². The van der Waals surface area contributed by atoms with Gasteiger partial charge >= 0.3 is 6.18 Å². The molecule has 0 radical (unpaired) electrons. The van der Waals surface area contributed by atoms with Crippen LogP contribution in [0.2, 0.25) is 0 Å².